The fourth-order valence-electron chi connectivity index (χ4n) is 7.67. The van der Waals surface area contributed by atoms with Crippen LogP contribution in [0, 0.1) is 10.8 Å². The van der Waals surface area contributed by atoms with Crippen LogP contribution < -0.4 is 9.64 Å². The van der Waals surface area contributed by atoms with Crippen molar-refractivity contribution in [2.45, 2.75) is 101 Å². The maximum Gasteiger partial charge on any atom is 0.192 e. The Labute approximate surface area is 249 Å². The zero-order chi connectivity index (χ0) is 29.9. The van der Waals surface area contributed by atoms with E-state index in [2.05, 4.69) is 109 Å². The van der Waals surface area contributed by atoms with E-state index >= 15 is 0 Å². The quantitative estimate of drug-likeness (QED) is 0.239. The molecule has 0 saturated carbocycles. The average Bonchev–Trinajstić information content (AvgIpc) is 3.61. The lowest BCUT2D eigenvalue weighted by molar-refractivity contribution is -0.143. The van der Waals surface area contributed by atoms with Crippen LogP contribution >= 0.6 is 0 Å². The Morgan fingerprint density at radius 2 is 1.24 bits per heavy atom. The van der Waals surface area contributed by atoms with E-state index in [1.165, 1.54) is 0 Å². The van der Waals surface area contributed by atoms with Crippen LogP contribution in [0.4, 0.5) is 5.69 Å². The number of piperidine rings is 1. The molecule has 0 N–H and O–H groups in total. The van der Waals surface area contributed by atoms with Crippen LogP contribution in [0.25, 0.3) is 0 Å². The monoisotopic (exact) mass is 597 g/mol. The summed E-state index contributed by atoms with van der Waals surface area (Å²) < 4.78 is 34.3. The first-order chi connectivity index (χ1) is 18.9. The van der Waals surface area contributed by atoms with Crippen molar-refractivity contribution in [2.75, 3.05) is 38.3 Å². The van der Waals surface area contributed by atoms with Crippen molar-refractivity contribution in [2.24, 2.45) is 10.8 Å². The van der Waals surface area contributed by atoms with Gasteiger partial charge in [0.15, 0.2) is 16.6 Å². The molecule has 5 heterocycles. The highest BCUT2D eigenvalue weighted by molar-refractivity contribution is 6.74. The second-order valence-electron chi connectivity index (χ2n) is 16.2. The van der Waals surface area contributed by atoms with Crippen molar-refractivity contribution in [3.05, 3.63) is 48.6 Å². The van der Waals surface area contributed by atoms with Gasteiger partial charge >= 0.3 is 0 Å². The molecule has 1 aromatic rings. The molecule has 2 spiro atoms. The lowest BCUT2D eigenvalue weighted by Gasteiger charge is -2.62. The topological polar surface area (TPSA) is 49.4 Å². The minimum Gasteiger partial charge on any atom is -0.497 e. The van der Waals surface area contributed by atoms with Crippen molar-refractivity contribution in [1.29, 1.82) is 0 Å². The van der Waals surface area contributed by atoms with E-state index in [1.807, 2.05) is 12.1 Å². The lowest BCUT2D eigenvalue weighted by atomic mass is 9.45. The number of fused-ring (bicyclic) bond motifs is 4. The molecule has 2 unspecified atom stereocenters. The standard InChI is InChI=1S/C33H51NO5Si2/c1-28(2,3)40(8,9)36-22-32-26-16-18-30(38-26)20-34(24-12-14-25(35-7)15-13-24)21-31(19-17-27(32)39-31)33(30,32)23-37-41(10,11)29(4,5)6/h12-19,26-27H,20-23H2,1-11H3/t26-,27+,30-,31+,32?,33?. The number of rotatable bonds is 8. The van der Waals surface area contributed by atoms with Gasteiger partial charge in [-0.1, -0.05) is 65.8 Å². The van der Waals surface area contributed by atoms with Gasteiger partial charge in [0.1, 0.15) is 17.0 Å². The summed E-state index contributed by atoms with van der Waals surface area (Å²) in [7, 11) is -2.41. The van der Waals surface area contributed by atoms with E-state index in [0.29, 0.717) is 13.2 Å². The van der Waals surface area contributed by atoms with Gasteiger partial charge < -0.3 is 28.0 Å². The summed E-state index contributed by atoms with van der Waals surface area (Å²) in [5.41, 5.74) is -0.688. The zero-order valence-electron chi connectivity index (χ0n) is 27.1. The van der Waals surface area contributed by atoms with Gasteiger partial charge in [-0.05, 0) is 60.5 Å². The van der Waals surface area contributed by atoms with Crippen LogP contribution in [0.3, 0.4) is 0 Å². The van der Waals surface area contributed by atoms with E-state index in [0.717, 1.165) is 24.5 Å². The summed E-state index contributed by atoms with van der Waals surface area (Å²) in [6, 6.07) is 8.37. The van der Waals surface area contributed by atoms with E-state index in [4.69, 9.17) is 23.1 Å². The fourth-order valence-corrected chi connectivity index (χ4v) is 9.71. The van der Waals surface area contributed by atoms with Crippen molar-refractivity contribution in [3.8, 4) is 5.75 Å². The Morgan fingerprint density at radius 1 is 0.780 bits per heavy atom. The summed E-state index contributed by atoms with van der Waals surface area (Å²) in [6.45, 7) is 26.1. The van der Waals surface area contributed by atoms with E-state index in [9.17, 15) is 0 Å². The van der Waals surface area contributed by atoms with Crippen molar-refractivity contribution < 1.29 is 23.1 Å². The summed E-state index contributed by atoms with van der Waals surface area (Å²) in [6.07, 6.45) is 9.16. The minimum atomic E-state index is -2.08. The van der Waals surface area contributed by atoms with Gasteiger partial charge in [0.05, 0.1) is 43.2 Å². The highest BCUT2D eigenvalue weighted by atomic mass is 28.4. The van der Waals surface area contributed by atoms with Crippen LogP contribution in [-0.2, 0) is 18.3 Å². The van der Waals surface area contributed by atoms with E-state index in [1.54, 1.807) is 7.11 Å². The predicted molar refractivity (Wildman–Crippen MR) is 170 cm³/mol. The fraction of sp³-hybridized carbons (Fsp3) is 0.697. The second-order valence-corrected chi connectivity index (χ2v) is 25.8. The first-order valence-corrected chi connectivity index (χ1v) is 21.1. The maximum absolute atomic E-state index is 7.25. The number of methoxy groups -OCH3 is 1. The smallest absolute Gasteiger partial charge is 0.192 e. The highest BCUT2D eigenvalue weighted by Crippen LogP contribution is 2.77. The van der Waals surface area contributed by atoms with Gasteiger partial charge in [-0.15, -0.1) is 0 Å². The van der Waals surface area contributed by atoms with Gasteiger partial charge in [0.2, 0.25) is 0 Å². The molecule has 41 heavy (non-hydrogen) atoms. The molecule has 6 atom stereocenters. The van der Waals surface area contributed by atoms with Gasteiger partial charge in [-0.2, -0.15) is 0 Å². The third-order valence-corrected chi connectivity index (χ3v) is 21.2. The maximum atomic E-state index is 7.25. The highest BCUT2D eigenvalue weighted by Gasteiger charge is 2.89. The van der Waals surface area contributed by atoms with Gasteiger partial charge in [0, 0.05) is 18.9 Å². The van der Waals surface area contributed by atoms with E-state index < -0.39 is 33.3 Å². The molecule has 8 heteroatoms. The number of ether oxygens (including phenoxy) is 3. The van der Waals surface area contributed by atoms with E-state index in [-0.39, 0.29) is 27.7 Å². The molecule has 5 aliphatic heterocycles. The molecular formula is C33H51NO5Si2. The molecule has 1 aromatic carbocycles. The second kappa shape index (κ2) is 8.82. The minimum absolute atomic E-state index is 0.0806. The van der Waals surface area contributed by atoms with Crippen LogP contribution in [0.2, 0.25) is 36.3 Å². The Morgan fingerprint density at radius 3 is 1.68 bits per heavy atom. The lowest BCUT2D eigenvalue weighted by Crippen LogP contribution is -2.76. The Hall–Kier alpha value is -1.43. The Kier molecular flexibility index (Phi) is 6.38. The molecule has 6 rings (SSSR count). The first-order valence-electron chi connectivity index (χ1n) is 15.3. The van der Waals surface area contributed by atoms with Gasteiger partial charge in [-0.3, -0.25) is 0 Å². The summed E-state index contributed by atoms with van der Waals surface area (Å²) in [4.78, 5) is 2.44. The third-order valence-electron chi connectivity index (χ3n) is 12.2. The van der Waals surface area contributed by atoms with Crippen LogP contribution in [0.15, 0.2) is 48.6 Å². The van der Waals surface area contributed by atoms with Crippen molar-refractivity contribution in [1.82, 2.24) is 0 Å². The SMILES string of the molecule is COc1ccc(N2C[C@@]34C=C[C@@H](O3)C3(CO[Si](C)(C)C(C)(C)C)[C@@H]5C=C[C@@](C2)(O5)C34CO[Si](C)(C)C(C)(C)C)cc1. The Bertz CT molecular complexity index is 1220. The molecule has 4 bridgehead atoms. The van der Waals surface area contributed by atoms with Crippen molar-refractivity contribution >= 4 is 22.3 Å². The Balaban J connectivity index is 1.47. The molecule has 5 aliphatic rings. The normalized spacial score (nSPS) is 37.3. The number of hydrogen-bond acceptors (Lipinski definition) is 6. The molecule has 226 valence electrons. The summed E-state index contributed by atoms with van der Waals surface area (Å²) >= 11 is 0. The van der Waals surface area contributed by atoms with Gasteiger partial charge in [0.25, 0.3) is 0 Å². The number of anilines is 1. The molecule has 3 saturated heterocycles. The zero-order valence-corrected chi connectivity index (χ0v) is 29.1. The van der Waals surface area contributed by atoms with Crippen LogP contribution in [0.5, 0.6) is 5.75 Å². The summed E-state index contributed by atoms with van der Waals surface area (Å²) in [5.74, 6) is 0.858. The molecule has 0 radical (unpaired) electrons. The predicted octanol–water partition coefficient (Wildman–Crippen LogP) is 6.95. The van der Waals surface area contributed by atoms with Crippen LogP contribution in [0.1, 0.15) is 41.5 Å². The average molecular weight is 598 g/mol. The molecule has 6 nitrogen and oxygen atoms in total. The van der Waals surface area contributed by atoms with Gasteiger partial charge in [-0.25, -0.2) is 0 Å². The first kappa shape index (κ1) is 29.6. The largest absolute Gasteiger partial charge is 0.497 e. The summed E-state index contributed by atoms with van der Waals surface area (Å²) in [5, 5.41) is 0.219. The van der Waals surface area contributed by atoms with Crippen LogP contribution in [-0.4, -0.2) is 73.5 Å². The molecule has 0 amide bonds. The molecule has 0 aliphatic carbocycles. The number of hydrogen-bond donors (Lipinski definition) is 0. The molecule has 0 aromatic heterocycles. The molecular weight excluding hydrogens is 547 g/mol. The van der Waals surface area contributed by atoms with Crippen molar-refractivity contribution in [3.63, 3.8) is 0 Å². The number of nitrogens with zero attached hydrogens (tertiary/aromatic N) is 1. The number of benzene rings is 1. The molecule has 3 fully saturated rings. The third kappa shape index (κ3) is 3.73.